The minimum atomic E-state index is -0.328. The first-order valence-corrected chi connectivity index (χ1v) is 9.62. The Hall–Kier alpha value is -2.96. The summed E-state index contributed by atoms with van der Waals surface area (Å²) < 4.78 is 19.4. The van der Waals surface area contributed by atoms with Gasteiger partial charge in [0.2, 0.25) is 5.91 Å². The summed E-state index contributed by atoms with van der Waals surface area (Å²) in [6, 6.07) is 13.7. The van der Waals surface area contributed by atoms with Crippen LogP contribution in [-0.2, 0) is 11.2 Å². The lowest BCUT2D eigenvalue weighted by molar-refractivity contribution is -0.111. The number of thiazole rings is 1. The Morgan fingerprint density at radius 2 is 2.11 bits per heavy atom. The maximum absolute atomic E-state index is 13.7. The molecule has 4 aromatic rings. The molecule has 0 saturated heterocycles. The molecule has 2 aromatic heterocycles. The number of hydrogen-bond donors (Lipinski definition) is 1. The molecular formula is C21H14ClFN2O2S. The van der Waals surface area contributed by atoms with E-state index in [2.05, 4.69) is 10.3 Å². The molecule has 0 aliphatic heterocycles. The smallest absolute Gasteiger partial charge is 0.250 e. The topological polar surface area (TPSA) is 55.1 Å². The van der Waals surface area contributed by atoms with E-state index in [1.54, 1.807) is 54.7 Å². The molecule has 4 nitrogen and oxygen atoms in total. The second-order valence-electron chi connectivity index (χ2n) is 6.05. The van der Waals surface area contributed by atoms with Crippen LogP contribution in [0.3, 0.4) is 0 Å². The Balaban J connectivity index is 1.40. The van der Waals surface area contributed by atoms with Gasteiger partial charge in [-0.3, -0.25) is 10.1 Å². The predicted octanol–water partition coefficient (Wildman–Crippen LogP) is 5.92. The molecule has 7 heteroatoms. The van der Waals surface area contributed by atoms with E-state index in [1.165, 1.54) is 23.5 Å². The third kappa shape index (κ3) is 4.30. The average Bonchev–Trinajstić information content (AvgIpc) is 3.28. The molecule has 0 saturated carbocycles. The van der Waals surface area contributed by atoms with Crippen molar-refractivity contribution < 1.29 is 13.6 Å². The zero-order valence-corrected chi connectivity index (χ0v) is 16.1. The van der Waals surface area contributed by atoms with Gasteiger partial charge in [0.15, 0.2) is 5.13 Å². The molecule has 0 aliphatic rings. The molecule has 140 valence electrons. The van der Waals surface area contributed by atoms with Crippen LogP contribution in [0.15, 0.2) is 65.2 Å². The molecular weight excluding hydrogens is 399 g/mol. The summed E-state index contributed by atoms with van der Waals surface area (Å²) >= 11 is 7.27. The van der Waals surface area contributed by atoms with Crippen molar-refractivity contribution in [1.82, 2.24) is 4.98 Å². The second kappa shape index (κ2) is 7.96. The van der Waals surface area contributed by atoms with Crippen LogP contribution in [0.1, 0.15) is 16.2 Å². The minimum Gasteiger partial charge on any atom is -0.457 e. The van der Waals surface area contributed by atoms with Crippen molar-refractivity contribution >= 4 is 51.0 Å². The standard InChI is InChI=1S/C21H14ClFN2O2S/c22-15-5-7-19-14(9-15)10-16(27-19)6-8-20(26)25-21-24-12-17(28-21)11-13-3-1-2-4-18(13)23/h1-10,12H,11H2,(H,24,25,26)/b8-6+. The van der Waals surface area contributed by atoms with E-state index in [-0.39, 0.29) is 11.7 Å². The highest BCUT2D eigenvalue weighted by Crippen LogP contribution is 2.24. The zero-order chi connectivity index (χ0) is 19.5. The van der Waals surface area contributed by atoms with E-state index in [4.69, 9.17) is 16.0 Å². The fraction of sp³-hybridized carbons (Fsp3) is 0.0476. The van der Waals surface area contributed by atoms with Gasteiger partial charge in [-0.1, -0.05) is 29.8 Å². The van der Waals surface area contributed by atoms with Gasteiger partial charge >= 0.3 is 0 Å². The largest absolute Gasteiger partial charge is 0.457 e. The fourth-order valence-corrected chi connectivity index (χ4v) is 3.72. The number of nitrogens with one attached hydrogen (secondary N) is 1. The molecule has 0 fully saturated rings. The highest BCUT2D eigenvalue weighted by molar-refractivity contribution is 7.15. The molecule has 0 radical (unpaired) electrons. The van der Waals surface area contributed by atoms with Crippen molar-refractivity contribution in [2.75, 3.05) is 5.32 Å². The number of amides is 1. The van der Waals surface area contributed by atoms with Gasteiger partial charge in [-0.2, -0.15) is 0 Å². The highest BCUT2D eigenvalue weighted by Gasteiger charge is 2.08. The Bertz CT molecular complexity index is 1180. The Labute approximate surface area is 169 Å². The summed E-state index contributed by atoms with van der Waals surface area (Å²) in [5.41, 5.74) is 1.29. The van der Waals surface area contributed by atoms with Crippen molar-refractivity contribution in [3.63, 3.8) is 0 Å². The molecule has 0 spiro atoms. The lowest BCUT2D eigenvalue weighted by atomic mass is 10.1. The number of furan rings is 1. The molecule has 2 heterocycles. The summed E-state index contributed by atoms with van der Waals surface area (Å²) in [5, 5.41) is 4.64. The Kier molecular flexibility index (Phi) is 5.23. The van der Waals surface area contributed by atoms with E-state index in [0.717, 1.165) is 10.3 Å². The molecule has 0 unspecified atom stereocenters. The van der Waals surface area contributed by atoms with Gasteiger partial charge in [-0.05, 0) is 42.0 Å². The van der Waals surface area contributed by atoms with Crippen LogP contribution in [0, 0.1) is 5.82 Å². The van der Waals surface area contributed by atoms with Gasteiger partial charge in [0.05, 0.1) is 0 Å². The van der Waals surface area contributed by atoms with E-state index in [1.807, 2.05) is 0 Å². The molecule has 0 aliphatic carbocycles. The van der Waals surface area contributed by atoms with E-state index < -0.39 is 0 Å². The summed E-state index contributed by atoms with van der Waals surface area (Å²) in [7, 11) is 0. The normalized spacial score (nSPS) is 11.4. The fourth-order valence-electron chi connectivity index (χ4n) is 2.70. The molecule has 1 N–H and O–H groups in total. The quantitative estimate of drug-likeness (QED) is 0.413. The molecule has 2 aromatic carbocycles. The monoisotopic (exact) mass is 412 g/mol. The van der Waals surface area contributed by atoms with Crippen molar-refractivity contribution in [1.29, 1.82) is 0 Å². The molecule has 0 bridgehead atoms. The van der Waals surface area contributed by atoms with Crippen LogP contribution in [0.2, 0.25) is 5.02 Å². The van der Waals surface area contributed by atoms with Crippen molar-refractivity contribution in [3.05, 3.63) is 87.8 Å². The molecule has 4 rings (SSSR count). The molecule has 1 amide bonds. The van der Waals surface area contributed by atoms with Crippen LogP contribution in [0.4, 0.5) is 9.52 Å². The number of halogens is 2. The number of benzene rings is 2. The number of hydrogen-bond acceptors (Lipinski definition) is 4. The number of carbonyl (C=O) groups is 1. The lowest BCUT2D eigenvalue weighted by Crippen LogP contribution is -2.06. The molecule has 28 heavy (non-hydrogen) atoms. The second-order valence-corrected chi connectivity index (χ2v) is 7.61. The number of rotatable bonds is 5. The van der Waals surface area contributed by atoms with Gasteiger partial charge in [-0.15, -0.1) is 11.3 Å². The van der Waals surface area contributed by atoms with Gasteiger partial charge < -0.3 is 4.42 Å². The maximum atomic E-state index is 13.7. The summed E-state index contributed by atoms with van der Waals surface area (Å²) in [6.07, 6.45) is 5.02. The SMILES string of the molecule is O=C(/C=C/c1cc2cc(Cl)ccc2o1)Nc1ncc(Cc2ccccc2F)s1. The summed E-state index contributed by atoms with van der Waals surface area (Å²) in [4.78, 5) is 17.2. The van der Waals surface area contributed by atoms with Crippen LogP contribution in [-0.4, -0.2) is 10.9 Å². The number of anilines is 1. The predicted molar refractivity (Wildman–Crippen MR) is 110 cm³/mol. The van der Waals surface area contributed by atoms with E-state index >= 15 is 0 Å². The number of aromatic nitrogens is 1. The van der Waals surface area contributed by atoms with Gasteiger partial charge in [-0.25, -0.2) is 9.37 Å². The van der Waals surface area contributed by atoms with Crippen molar-refractivity contribution in [2.45, 2.75) is 6.42 Å². The average molecular weight is 413 g/mol. The Morgan fingerprint density at radius 1 is 1.25 bits per heavy atom. The Morgan fingerprint density at radius 3 is 2.96 bits per heavy atom. The van der Waals surface area contributed by atoms with Crippen LogP contribution < -0.4 is 5.32 Å². The number of nitrogens with zero attached hydrogens (tertiary/aromatic N) is 1. The van der Waals surface area contributed by atoms with Crippen LogP contribution >= 0.6 is 22.9 Å². The van der Waals surface area contributed by atoms with E-state index in [0.29, 0.717) is 33.5 Å². The highest BCUT2D eigenvalue weighted by atomic mass is 35.5. The van der Waals surface area contributed by atoms with Crippen molar-refractivity contribution in [3.8, 4) is 0 Å². The van der Waals surface area contributed by atoms with Crippen molar-refractivity contribution in [2.24, 2.45) is 0 Å². The van der Waals surface area contributed by atoms with Gasteiger partial charge in [0, 0.05) is 34.0 Å². The lowest BCUT2D eigenvalue weighted by Gasteiger charge is -1.99. The van der Waals surface area contributed by atoms with E-state index in [9.17, 15) is 9.18 Å². The third-order valence-corrected chi connectivity index (χ3v) is 5.15. The minimum absolute atomic E-state index is 0.253. The molecule has 0 atom stereocenters. The summed E-state index contributed by atoms with van der Waals surface area (Å²) in [5.74, 6) is -0.0337. The number of carbonyl (C=O) groups excluding carboxylic acids is 1. The van der Waals surface area contributed by atoms with Crippen LogP contribution in [0.25, 0.3) is 17.0 Å². The van der Waals surface area contributed by atoms with Crippen LogP contribution in [0.5, 0.6) is 0 Å². The third-order valence-electron chi connectivity index (χ3n) is 4.00. The number of fused-ring (bicyclic) bond motifs is 1. The first-order valence-electron chi connectivity index (χ1n) is 8.43. The van der Waals surface area contributed by atoms with Gasteiger partial charge in [0.25, 0.3) is 0 Å². The zero-order valence-electron chi connectivity index (χ0n) is 14.5. The maximum Gasteiger partial charge on any atom is 0.250 e. The first-order chi connectivity index (χ1) is 13.6. The summed E-state index contributed by atoms with van der Waals surface area (Å²) in [6.45, 7) is 0. The first kappa shape index (κ1) is 18.4. The van der Waals surface area contributed by atoms with Gasteiger partial charge in [0.1, 0.15) is 17.2 Å².